The molecule has 29 heteroatoms. The summed E-state index contributed by atoms with van der Waals surface area (Å²) in [5.41, 5.74) is 1.41. The summed E-state index contributed by atoms with van der Waals surface area (Å²) < 4.78 is 71.6. The van der Waals surface area contributed by atoms with Gasteiger partial charge in [-0.05, 0) is 124 Å². The van der Waals surface area contributed by atoms with E-state index >= 15 is 0 Å². The highest BCUT2D eigenvalue weighted by Crippen LogP contribution is 2.30. The van der Waals surface area contributed by atoms with E-state index in [0.717, 1.165) is 48.8 Å². The second kappa shape index (κ2) is 37.1. The van der Waals surface area contributed by atoms with Crippen LogP contribution in [0.2, 0.25) is 5.28 Å². The minimum Gasteiger partial charge on any atom is -0.778 e. The molecule has 0 bridgehead atoms. The molecular formula is C54H77Cl2F3N9O13PS. The summed E-state index contributed by atoms with van der Waals surface area (Å²) in [7, 11) is 0.148. The van der Waals surface area contributed by atoms with Gasteiger partial charge in [0.1, 0.15) is 37.3 Å². The van der Waals surface area contributed by atoms with Crippen LogP contribution in [-0.2, 0) is 72.0 Å². The summed E-state index contributed by atoms with van der Waals surface area (Å²) >= 11 is 11.5. The summed E-state index contributed by atoms with van der Waals surface area (Å²) in [5, 5.41) is 16.2. The zero-order chi connectivity index (χ0) is 63.4. The van der Waals surface area contributed by atoms with Crippen LogP contribution in [0, 0.1) is 6.92 Å². The summed E-state index contributed by atoms with van der Waals surface area (Å²) in [6.45, 7) is 16.4. The molecule has 0 saturated carbocycles. The number of rotatable bonds is 22. The molecule has 0 fully saturated rings. The third kappa shape index (κ3) is 27.3. The van der Waals surface area contributed by atoms with Crippen LogP contribution in [0.15, 0.2) is 76.3 Å². The molecule has 2 heterocycles. The fourth-order valence-electron chi connectivity index (χ4n) is 6.98. The van der Waals surface area contributed by atoms with E-state index in [0.29, 0.717) is 61.7 Å². The summed E-state index contributed by atoms with van der Waals surface area (Å²) in [4.78, 5) is 90.2. The number of methoxy groups -OCH3 is 2. The van der Waals surface area contributed by atoms with Crippen LogP contribution in [0.1, 0.15) is 76.4 Å². The maximum absolute atomic E-state index is 13.1. The fraction of sp³-hybridized carbons (Fsp3) is 0.481. The van der Waals surface area contributed by atoms with Crippen molar-refractivity contribution in [3.63, 3.8) is 0 Å². The molecule has 1 amide bonds. The molecule has 2 aromatic heterocycles. The van der Waals surface area contributed by atoms with Crippen LogP contribution in [0.3, 0.4) is 0 Å². The number of carbonyl (C=O) groups is 3. The van der Waals surface area contributed by atoms with Crippen LogP contribution >= 0.6 is 30.8 Å². The Labute approximate surface area is 494 Å². The number of carboxylic acid groups (broad SMARTS) is 1. The van der Waals surface area contributed by atoms with Gasteiger partial charge in [0.2, 0.25) is 23.1 Å². The number of nitrogens with one attached hydrogen (secondary N) is 3. The van der Waals surface area contributed by atoms with Gasteiger partial charge in [-0.15, -0.1) is 11.6 Å². The quantitative estimate of drug-likeness (QED) is 0.0197. The summed E-state index contributed by atoms with van der Waals surface area (Å²) in [6.07, 6.45) is 1.84. The van der Waals surface area contributed by atoms with Crippen molar-refractivity contribution in [2.24, 2.45) is 7.05 Å². The van der Waals surface area contributed by atoms with Crippen molar-refractivity contribution in [2.45, 2.75) is 99.2 Å². The third-order valence-electron chi connectivity index (χ3n) is 10.6. The van der Waals surface area contributed by atoms with E-state index in [-0.39, 0.29) is 41.4 Å². The largest absolute Gasteiger partial charge is 0.778 e. The van der Waals surface area contributed by atoms with Crippen LogP contribution < -0.4 is 46.5 Å². The van der Waals surface area contributed by atoms with Gasteiger partial charge in [0, 0.05) is 38.4 Å². The number of carboxylic acids is 1. The standard InChI is InChI=1S/C25H25F3N2O6.C15H22ClNO2.C8H14ClN5.C3H8NO5P.C3H9S/c1-5-16-6-7-17(20(12-16)36-15(2)23(32)34-4)14-35-19-10-8-18(9-11-19)30-22(31)13-21(25(26,27)28)29(3)24(30)33;1-5-13-8-6-7-11(2)15(13)17(14(18)9-16)12(3)10-19-4;1-4-10-7-12-6(9)13-8(14-7)11-5(2)3;5-3(6)1-4-2-10(7,8)9;1-4(2)3/h6-13,15H,5,14H2,1-4H3;6-8,12H,5,9-10H2,1-4H3;5H,4H2,1-3H3,(H2,10,11,12,13,14);4H,1-2H2,(H,5,6)(H2,7,8,9);1-3H3/q;;;;+1/p-1. The molecule has 0 aliphatic carbocycles. The van der Waals surface area contributed by atoms with Crippen molar-refractivity contribution < 1.29 is 66.0 Å². The van der Waals surface area contributed by atoms with E-state index in [1.165, 1.54) is 31.4 Å². The lowest BCUT2D eigenvalue weighted by Crippen LogP contribution is -2.43. The van der Waals surface area contributed by atoms with Crippen LogP contribution in [-0.4, -0.2) is 135 Å². The molecule has 3 unspecified atom stereocenters. The van der Waals surface area contributed by atoms with Gasteiger partial charge in [-0.2, -0.15) is 28.1 Å². The number of anilines is 3. The van der Waals surface area contributed by atoms with Crippen LogP contribution in [0.25, 0.3) is 5.69 Å². The number of nitrogens with zero attached hydrogens (tertiary/aromatic N) is 6. The molecule has 5 rings (SSSR count). The molecule has 462 valence electrons. The highest BCUT2D eigenvalue weighted by atomic mass is 35.5. The van der Waals surface area contributed by atoms with E-state index in [1.807, 2.05) is 77.2 Å². The molecule has 5 aromatic rings. The maximum atomic E-state index is 13.1. The Morgan fingerprint density at radius 1 is 0.916 bits per heavy atom. The third-order valence-corrected chi connectivity index (χ3v) is 11.6. The number of aliphatic carboxylic acids is 1. The number of aromatic nitrogens is 5. The fourth-order valence-corrected chi connectivity index (χ4v) is 7.66. The normalized spacial score (nSPS) is 12.2. The van der Waals surface area contributed by atoms with E-state index in [2.05, 4.69) is 57.3 Å². The summed E-state index contributed by atoms with van der Waals surface area (Å²) in [5.74, 6) is 0.0240. The Balaban J connectivity index is 0.000000610. The van der Waals surface area contributed by atoms with Gasteiger partial charge in [0.15, 0.2) is 6.10 Å². The van der Waals surface area contributed by atoms with E-state index in [9.17, 15) is 46.6 Å². The average molecular weight is 1250 g/mol. The minimum atomic E-state index is -4.84. The summed E-state index contributed by atoms with van der Waals surface area (Å²) in [6, 6.07) is 18.0. The van der Waals surface area contributed by atoms with Crippen molar-refractivity contribution in [3.8, 4) is 17.2 Å². The van der Waals surface area contributed by atoms with Crippen molar-refractivity contribution >= 4 is 77.1 Å². The lowest BCUT2D eigenvalue weighted by Gasteiger charge is -2.31. The van der Waals surface area contributed by atoms with Gasteiger partial charge in [-0.1, -0.05) is 44.2 Å². The Morgan fingerprint density at radius 3 is 2.04 bits per heavy atom. The van der Waals surface area contributed by atoms with Gasteiger partial charge in [-0.25, -0.2) is 14.2 Å². The molecule has 0 aliphatic rings. The topological polar surface area (TPSA) is 291 Å². The minimum absolute atomic E-state index is 0.0223. The number of aryl methyl sites for hydroxylation is 3. The molecule has 5 N–H and O–H groups in total. The van der Waals surface area contributed by atoms with Gasteiger partial charge >= 0.3 is 23.8 Å². The van der Waals surface area contributed by atoms with Crippen LogP contribution in [0.4, 0.5) is 30.8 Å². The predicted molar refractivity (Wildman–Crippen MR) is 318 cm³/mol. The van der Waals surface area contributed by atoms with E-state index in [4.69, 9.17) is 52.1 Å². The molecule has 0 aliphatic heterocycles. The number of benzene rings is 3. The highest BCUT2D eigenvalue weighted by Gasteiger charge is 2.35. The molecule has 0 saturated heterocycles. The number of ether oxygens (including phenoxy) is 4. The number of alkyl halides is 4. The molecular weight excluding hydrogens is 1170 g/mol. The number of esters is 1. The van der Waals surface area contributed by atoms with Gasteiger partial charge in [-0.3, -0.25) is 24.3 Å². The molecule has 3 aromatic carbocycles. The number of hydrogen-bond donors (Lipinski definition) is 5. The van der Waals surface area contributed by atoms with Gasteiger partial charge < -0.3 is 53.9 Å². The zero-order valence-electron chi connectivity index (χ0n) is 49.1. The number of halogens is 5. The lowest BCUT2D eigenvalue weighted by molar-refractivity contribution is -0.193. The van der Waals surface area contributed by atoms with Crippen molar-refractivity contribution in [1.29, 1.82) is 0 Å². The lowest BCUT2D eigenvalue weighted by atomic mass is 10.0. The molecule has 83 heavy (non-hydrogen) atoms. The molecule has 3 atom stereocenters. The first kappa shape index (κ1) is 74.8. The van der Waals surface area contributed by atoms with E-state index < -0.39 is 61.6 Å². The highest BCUT2D eigenvalue weighted by molar-refractivity contribution is 7.94. The van der Waals surface area contributed by atoms with E-state index in [1.54, 1.807) is 18.9 Å². The van der Waals surface area contributed by atoms with Gasteiger partial charge in [0.25, 0.3) is 5.56 Å². The Kier molecular flexibility index (Phi) is 33.5. The first-order valence-corrected chi connectivity index (χ1v) is 30.7. The first-order valence-electron chi connectivity index (χ1n) is 25.6. The Hall–Kier alpha value is -6.25. The maximum Gasteiger partial charge on any atom is 0.431 e. The number of hydrogen-bond acceptors (Lipinski definition) is 17. The van der Waals surface area contributed by atoms with Crippen molar-refractivity contribution in [1.82, 2.24) is 29.4 Å². The number of amides is 1. The van der Waals surface area contributed by atoms with Gasteiger partial charge in [0.05, 0.1) is 62.7 Å². The van der Waals surface area contributed by atoms with Crippen molar-refractivity contribution in [3.05, 3.63) is 121 Å². The predicted octanol–water partition coefficient (Wildman–Crippen LogP) is 7.24. The first-order chi connectivity index (χ1) is 38.8. The second-order valence-corrected chi connectivity index (χ2v) is 23.1. The molecule has 22 nitrogen and oxygen atoms in total. The SMILES string of the molecule is CCNc1nc(Cl)nc(NC(C)C)n1.CCc1ccc(COc2ccc(-n3c(=O)cc(C(F)(F)F)n(C)c3=O)cc2)c(OC(C)C(=O)OC)c1.CCc1cccc(C)c1N(C(=O)CCl)C(C)COC.C[S+](C)C.O=C(O)CNCP(=O)([O-])O. The number of carbonyl (C=O) groups excluding carboxylic acids is 2. The number of para-hydroxylation sites is 1. The monoisotopic (exact) mass is 1250 g/mol. The zero-order valence-corrected chi connectivity index (χ0v) is 52.3. The second-order valence-electron chi connectivity index (χ2n) is 18.5. The molecule has 0 spiro atoms. The smallest absolute Gasteiger partial charge is 0.431 e. The average Bonchev–Trinajstić information content (AvgIpc) is 3.60. The molecule has 0 radical (unpaired) electrons. The van der Waals surface area contributed by atoms with Crippen molar-refractivity contribution in [2.75, 3.05) is 80.4 Å². The Bertz CT molecular complexity index is 3010. The van der Waals surface area contributed by atoms with Crippen LogP contribution in [0.5, 0.6) is 11.5 Å². The Morgan fingerprint density at radius 2 is 1.53 bits per heavy atom.